The molecule has 2 aromatic carbocycles. The molecule has 0 bridgehead atoms. The van der Waals surface area contributed by atoms with Gasteiger partial charge in [-0.15, -0.1) is 0 Å². The molecule has 0 spiro atoms. The maximum Gasteiger partial charge on any atom is 0.129 e. The molecule has 134 valence electrons. The number of halogens is 1. The number of rotatable bonds is 7. The Morgan fingerprint density at radius 1 is 1.04 bits per heavy atom. The molecule has 0 aliphatic carbocycles. The van der Waals surface area contributed by atoms with Crippen molar-refractivity contribution in [2.45, 2.75) is 25.9 Å². The van der Waals surface area contributed by atoms with Gasteiger partial charge in [-0.05, 0) is 31.0 Å². The van der Waals surface area contributed by atoms with E-state index in [2.05, 4.69) is 10.2 Å². The van der Waals surface area contributed by atoms with Gasteiger partial charge in [0.2, 0.25) is 0 Å². The van der Waals surface area contributed by atoms with Crippen molar-refractivity contribution >= 4 is 5.69 Å². The van der Waals surface area contributed by atoms with Gasteiger partial charge in [0.05, 0.1) is 14.2 Å². The van der Waals surface area contributed by atoms with Gasteiger partial charge in [0, 0.05) is 49.1 Å². The average molecular weight is 344 g/mol. The van der Waals surface area contributed by atoms with E-state index in [0.29, 0.717) is 13.1 Å². The molecule has 1 fully saturated rings. The number of hydrogen-bond donors (Lipinski definition) is 1. The SMILES string of the molecule is COc1ccc(CNCc2c(F)cccc2N2CCCC2)c(OC)c1. The topological polar surface area (TPSA) is 33.7 Å². The summed E-state index contributed by atoms with van der Waals surface area (Å²) in [7, 11) is 3.27. The van der Waals surface area contributed by atoms with E-state index in [0.717, 1.165) is 41.4 Å². The van der Waals surface area contributed by atoms with E-state index >= 15 is 0 Å². The molecule has 0 saturated carbocycles. The summed E-state index contributed by atoms with van der Waals surface area (Å²) in [4.78, 5) is 2.27. The van der Waals surface area contributed by atoms with Crippen LogP contribution in [-0.2, 0) is 13.1 Å². The van der Waals surface area contributed by atoms with Gasteiger partial charge in [0.15, 0.2) is 0 Å². The molecule has 1 aliphatic rings. The van der Waals surface area contributed by atoms with Crippen LogP contribution < -0.4 is 19.7 Å². The molecule has 5 heteroatoms. The van der Waals surface area contributed by atoms with Crippen molar-refractivity contribution in [2.75, 3.05) is 32.2 Å². The molecule has 1 N–H and O–H groups in total. The van der Waals surface area contributed by atoms with E-state index in [-0.39, 0.29) is 5.82 Å². The normalized spacial score (nSPS) is 14.0. The number of hydrogen-bond acceptors (Lipinski definition) is 4. The molecule has 2 aromatic rings. The average Bonchev–Trinajstić information content (AvgIpc) is 3.17. The van der Waals surface area contributed by atoms with Crippen molar-refractivity contribution in [3.05, 3.63) is 53.3 Å². The van der Waals surface area contributed by atoms with Crippen molar-refractivity contribution in [1.29, 1.82) is 0 Å². The molecule has 1 saturated heterocycles. The number of methoxy groups -OCH3 is 2. The van der Waals surface area contributed by atoms with E-state index in [1.165, 1.54) is 18.9 Å². The van der Waals surface area contributed by atoms with Gasteiger partial charge >= 0.3 is 0 Å². The third-order valence-electron chi connectivity index (χ3n) is 4.65. The number of nitrogens with one attached hydrogen (secondary N) is 1. The van der Waals surface area contributed by atoms with E-state index in [9.17, 15) is 4.39 Å². The summed E-state index contributed by atoms with van der Waals surface area (Å²) < 4.78 is 25.0. The summed E-state index contributed by atoms with van der Waals surface area (Å²) in [5, 5.41) is 3.35. The van der Waals surface area contributed by atoms with Gasteiger partial charge in [-0.2, -0.15) is 0 Å². The molecule has 0 radical (unpaired) electrons. The van der Waals surface area contributed by atoms with Crippen molar-refractivity contribution in [1.82, 2.24) is 5.32 Å². The summed E-state index contributed by atoms with van der Waals surface area (Å²) >= 11 is 0. The Hall–Kier alpha value is -2.27. The standard InChI is InChI=1S/C20H25FN2O2/c1-24-16-9-8-15(20(12-16)25-2)13-22-14-17-18(21)6-5-7-19(17)23-10-3-4-11-23/h5-9,12,22H,3-4,10-11,13-14H2,1-2H3. The molecule has 0 atom stereocenters. The first-order chi connectivity index (χ1) is 12.2. The minimum atomic E-state index is -0.154. The molecule has 4 nitrogen and oxygen atoms in total. The van der Waals surface area contributed by atoms with Crippen LogP contribution in [0.1, 0.15) is 24.0 Å². The van der Waals surface area contributed by atoms with Crippen LogP contribution in [0.25, 0.3) is 0 Å². The Labute approximate surface area is 148 Å². The summed E-state index contributed by atoms with van der Waals surface area (Å²) in [6, 6.07) is 11.1. The zero-order chi connectivity index (χ0) is 17.6. The highest BCUT2D eigenvalue weighted by molar-refractivity contribution is 5.55. The summed E-state index contributed by atoms with van der Waals surface area (Å²) in [6.07, 6.45) is 2.35. The van der Waals surface area contributed by atoms with Crippen LogP contribution in [0.2, 0.25) is 0 Å². The lowest BCUT2D eigenvalue weighted by Gasteiger charge is -2.22. The second-order valence-corrected chi connectivity index (χ2v) is 6.21. The van der Waals surface area contributed by atoms with E-state index < -0.39 is 0 Å². The predicted molar refractivity (Wildman–Crippen MR) is 97.9 cm³/mol. The molecule has 25 heavy (non-hydrogen) atoms. The molecular formula is C20H25FN2O2. The van der Waals surface area contributed by atoms with Crippen LogP contribution in [0.5, 0.6) is 11.5 Å². The summed E-state index contributed by atoms with van der Waals surface area (Å²) in [6.45, 7) is 3.08. The summed E-state index contributed by atoms with van der Waals surface area (Å²) in [5.41, 5.74) is 2.76. The first kappa shape index (κ1) is 17.5. The number of nitrogens with zero attached hydrogens (tertiary/aromatic N) is 1. The Morgan fingerprint density at radius 2 is 1.84 bits per heavy atom. The molecule has 0 aromatic heterocycles. The van der Waals surface area contributed by atoms with Gasteiger partial charge in [-0.3, -0.25) is 0 Å². The van der Waals surface area contributed by atoms with Crippen molar-refractivity contribution in [3.63, 3.8) is 0 Å². The van der Waals surface area contributed by atoms with Crippen molar-refractivity contribution in [2.24, 2.45) is 0 Å². The Morgan fingerprint density at radius 3 is 2.56 bits per heavy atom. The third-order valence-corrected chi connectivity index (χ3v) is 4.65. The van der Waals surface area contributed by atoms with Crippen LogP contribution in [0.4, 0.5) is 10.1 Å². The van der Waals surface area contributed by atoms with Gasteiger partial charge < -0.3 is 19.7 Å². The zero-order valence-electron chi connectivity index (χ0n) is 14.8. The zero-order valence-corrected chi connectivity index (χ0v) is 14.8. The van der Waals surface area contributed by atoms with Crippen LogP contribution in [-0.4, -0.2) is 27.3 Å². The van der Waals surface area contributed by atoms with Crippen LogP contribution in [0.3, 0.4) is 0 Å². The Balaban J connectivity index is 1.70. The molecule has 1 aliphatic heterocycles. The Kier molecular flexibility index (Phi) is 5.76. The monoisotopic (exact) mass is 344 g/mol. The second kappa shape index (κ2) is 8.21. The lowest BCUT2D eigenvalue weighted by Crippen LogP contribution is -2.22. The number of ether oxygens (including phenoxy) is 2. The van der Waals surface area contributed by atoms with Gasteiger partial charge in [-0.1, -0.05) is 12.1 Å². The summed E-state index contributed by atoms with van der Waals surface area (Å²) in [5.74, 6) is 1.37. The minimum Gasteiger partial charge on any atom is -0.497 e. The molecule has 0 amide bonds. The molecule has 0 unspecified atom stereocenters. The Bertz CT molecular complexity index is 715. The highest BCUT2D eigenvalue weighted by Crippen LogP contribution is 2.27. The fourth-order valence-corrected chi connectivity index (χ4v) is 3.30. The van der Waals surface area contributed by atoms with Gasteiger partial charge in [0.25, 0.3) is 0 Å². The van der Waals surface area contributed by atoms with Crippen LogP contribution in [0, 0.1) is 5.82 Å². The third kappa shape index (κ3) is 4.04. The van der Waals surface area contributed by atoms with E-state index in [1.54, 1.807) is 20.3 Å². The highest BCUT2D eigenvalue weighted by Gasteiger charge is 2.18. The first-order valence-electron chi connectivity index (χ1n) is 8.67. The predicted octanol–water partition coefficient (Wildman–Crippen LogP) is 3.73. The van der Waals surface area contributed by atoms with Crippen LogP contribution >= 0.6 is 0 Å². The maximum atomic E-state index is 14.4. The van der Waals surface area contributed by atoms with E-state index in [1.807, 2.05) is 24.3 Å². The van der Waals surface area contributed by atoms with Crippen molar-refractivity contribution < 1.29 is 13.9 Å². The lowest BCUT2D eigenvalue weighted by molar-refractivity contribution is 0.389. The van der Waals surface area contributed by atoms with Gasteiger partial charge in [-0.25, -0.2) is 4.39 Å². The molecule has 3 rings (SSSR count). The molecule has 1 heterocycles. The van der Waals surface area contributed by atoms with E-state index in [4.69, 9.17) is 9.47 Å². The lowest BCUT2D eigenvalue weighted by atomic mass is 10.1. The second-order valence-electron chi connectivity index (χ2n) is 6.21. The maximum absolute atomic E-state index is 14.4. The fourth-order valence-electron chi connectivity index (χ4n) is 3.30. The van der Waals surface area contributed by atoms with Gasteiger partial charge in [0.1, 0.15) is 17.3 Å². The largest absolute Gasteiger partial charge is 0.497 e. The highest BCUT2D eigenvalue weighted by atomic mass is 19.1. The fraction of sp³-hybridized carbons (Fsp3) is 0.400. The minimum absolute atomic E-state index is 0.154. The number of benzene rings is 2. The number of anilines is 1. The first-order valence-corrected chi connectivity index (χ1v) is 8.67. The quantitative estimate of drug-likeness (QED) is 0.830. The molecular weight excluding hydrogens is 319 g/mol. The van der Waals surface area contributed by atoms with Crippen molar-refractivity contribution in [3.8, 4) is 11.5 Å². The smallest absolute Gasteiger partial charge is 0.129 e. The van der Waals surface area contributed by atoms with Crippen LogP contribution in [0.15, 0.2) is 36.4 Å².